The summed E-state index contributed by atoms with van der Waals surface area (Å²) in [6.45, 7) is 8.91. The largest absolute Gasteiger partial charge is 0.463 e. The highest BCUT2D eigenvalue weighted by molar-refractivity contribution is 6.30. The van der Waals surface area contributed by atoms with Crippen molar-refractivity contribution in [2.45, 2.75) is 6.54 Å². The molecule has 0 amide bonds. The molecule has 1 saturated heterocycles. The Morgan fingerprint density at radius 1 is 1.14 bits per heavy atom. The smallest absolute Gasteiger partial charge is 0.150 e. The van der Waals surface area contributed by atoms with Gasteiger partial charge in [-0.2, -0.15) is 0 Å². The van der Waals surface area contributed by atoms with E-state index in [0.29, 0.717) is 0 Å². The number of hydrazine groups is 1. The molecule has 1 aromatic heterocycles. The van der Waals surface area contributed by atoms with Crippen LogP contribution >= 0.6 is 11.6 Å². The molecule has 1 aliphatic rings. The molecule has 2 heterocycles. The fraction of sp³-hybridized carbons (Fsp3) is 0.294. The lowest BCUT2D eigenvalue weighted by molar-refractivity contribution is 0.104. The lowest BCUT2D eigenvalue weighted by Crippen LogP contribution is -2.50. The quantitative estimate of drug-likeness (QED) is 0.917. The van der Waals surface area contributed by atoms with E-state index in [1.54, 1.807) is 6.26 Å². The molecule has 3 rings (SSSR count). The Hall–Kier alpha value is -1.75. The minimum Gasteiger partial charge on any atom is -0.463 e. The van der Waals surface area contributed by atoms with Crippen molar-refractivity contribution in [2.75, 3.05) is 26.2 Å². The third-order valence-corrected chi connectivity index (χ3v) is 4.06. The Labute approximate surface area is 135 Å². The van der Waals surface area contributed by atoms with Gasteiger partial charge in [-0.3, -0.25) is 4.90 Å². The van der Waals surface area contributed by atoms with E-state index in [4.69, 9.17) is 16.0 Å². The number of nitrogens with zero attached hydrogens (tertiary/aromatic N) is 2. The number of hydrogen-bond acceptors (Lipinski definition) is 4. The number of rotatable bonds is 5. The van der Waals surface area contributed by atoms with Crippen molar-refractivity contribution in [3.8, 4) is 0 Å². The number of benzene rings is 1. The third-order valence-electron chi connectivity index (χ3n) is 3.80. The van der Waals surface area contributed by atoms with E-state index in [9.17, 15) is 0 Å². The van der Waals surface area contributed by atoms with Gasteiger partial charge in [-0.15, -0.1) is 0 Å². The van der Waals surface area contributed by atoms with Gasteiger partial charge >= 0.3 is 0 Å². The molecule has 5 heteroatoms. The molecule has 2 aromatic rings. The third kappa shape index (κ3) is 3.91. The van der Waals surface area contributed by atoms with Gasteiger partial charge in [0.2, 0.25) is 0 Å². The average Bonchev–Trinajstić information content (AvgIpc) is 3.06. The average molecular weight is 318 g/mol. The van der Waals surface area contributed by atoms with Crippen molar-refractivity contribution in [3.05, 3.63) is 65.6 Å². The SMILES string of the molecule is C=C(NN1CCN(Cc2ccc(Cl)cc2)CC1)c1ccco1. The number of hydrogen-bond donors (Lipinski definition) is 1. The molecule has 4 nitrogen and oxygen atoms in total. The van der Waals surface area contributed by atoms with Crippen LogP contribution in [0.25, 0.3) is 5.70 Å². The van der Waals surface area contributed by atoms with Crippen molar-refractivity contribution in [3.63, 3.8) is 0 Å². The summed E-state index contributed by atoms with van der Waals surface area (Å²) < 4.78 is 5.34. The molecule has 0 unspecified atom stereocenters. The molecule has 0 radical (unpaired) electrons. The minimum atomic E-state index is 0.781. The molecular formula is C17H20ClN3O. The summed E-state index contributed by atoms with van der Waals surface area (Å²) in [5.41, 5.74) is 5.41. The van der Waals surface area contributed by atoms with Crippen LogP contribution in [0.2, 0.25) is 5.02 Å². The standard InChI is InChI=1S/C17H20ClN3O/c1-14(17-3-2-12-22-17)19-21-10-8-20(9-11-21)13-15-4-6-16(18)7-5-15/h2-7,12,19H,1,8-11,13H2. The van der Waals surface area contributed by atoms with Crippen LogP contribution < -0.4 is 5.43 Å². The number of halogens is 1. The molecule has 1 aliphatic heterocycles. The van der Waals surface area contributed by atoms with Gasteiger partial charge in [-0.05, 0) is 29.8 Å². The second kappa shape index (κ2) is 7.01. The first-order chi connectivity index (χ1) is 10.7. The van der Waals surface area contributed by atoms with E-state index >= 15 is 0 Å². The maximum Gasteiger partial charge on any atom is 0.150 e. The van der Waals surface area contributed by atoms with Crippen molar-refractivity contribution < 1.29 is 4.42 Å². The second-order valence-corrected chi connectivity index (χ2v) is 5.89. The zero-order chi connectivity index (χ0) is 15.4. The van der Waals surface area contributed by atoms with Crippen molar-refractivity contribution in [2.24, 2.45) is 0 Å². The van der Waals surface area contributed by atoms with Crippen LogP contribution in [0.3, 0.4) is 0 Å². The van der Waals surface area contributed by atoms with E-state index in [-0.39, 0.29) is 0 Å². The van der Waals surface area contributed by atoms with Gasteiger partial charge in [0, 0.05) is 37.7 Å². The van der Waals surface area contributed by atoms with Crippen molar-refractivity contribution in [1.29, 1.82) is 0 Å². The van der Waals surface area contributed by atoms with Crippen molar-refractivity contribution >= 4 is 17.3 Å². The zero-order valence-corrected chi connectivity index (χ0v) is 13.2. The highest BCUT2D eigenvalue weighted by Crippen LogP contribution is 2.14. The van der Waals surface area contributed by atoms with Gasteiger partial charge in [0.15, 0.2) is 0 Å². The van der Waals surface area contributed by atoms with Gasteiger partial charge in [-0.25, -0.2) is 5.01 Å². The molecule has 0 bridgehead atoms. The Balaban J connectivity index is 1.46. The van der Waals surface area contributed by atoms with E-state index < -0.39 is 0 Å². The van der Waals surface area contributed by atoms with Crippen molar-refractivity contribution in [1.82, 2.24) is 15.3 Å². The molecule has 1 N–H and O–H groups in total. The molecule has 1 aromatic carbocycles. The molecule has 0 atom stereocenters. The highest BCUT2D eigenvalue weighted by Gasteiger charge is 2.17. The first-order valence-electron chi connectivity index (χ1n) is 7.42. The second-order valence-electron chi connectivity index (χ2n) is 5.46. The number of nitrogens with one attached hydrogen (secondary N) is 1. The number of piperazine rings is 1. The molecule has 116 valence electrons. The van der Waals surface area contributed by atoms with Gasteiger partial charge in [0.05, 0.1) is 12.0 Å². The summed E-state index contributed by atoms with van der Waals surface area (Å²) in [7, 11) is 0. The summed E-state index contributed by atoms with van der Waals surface area (Å²) in [5.74, 6) is 0.781. The van der Waals surface area contributed by atoms with E-state index in [2.05, 4.69) is 34.0 Å². The van der Waals surface area contributed by atoms with E-state index in [1.807, 2.05) is 24.3 Å². The normalized spacial score (nSPS) is 16.6. The maximum absolute atomic E-state index is 5.92. The van der Waals surface area contributed by atoms with Gasteiger partial charge < -0.3 is 9.84 Å². The molecule has 22 heavy (non-hydrogen) atoms. The lowest BCUT2D eigenvalue weighted by atomic mass is 10.2. The summed E-state index contributed by atoms with van der Waals surface area (Å²) in [6.07, 6.45) is 1.66. The minimum absolute atomic E-state index is 0.781. The summed E-state index contributed by atoms with van der Waals surface area (Å²) >= 11 is 5.92. The Kier molecular flexibility index (Phi) is 4.83. The van der Waals surface area contributed by atoms with Gasteiger partial charge in [0.1, 0.15) is 5.76 Å². The predicted molar refractivity (Wildman–Crippen MR) is 89.2 cm³/mol. The molecule has 0 saturated carbocycles. The fourth-order valence-electron chi connectivity index (χ4n) is 2.56. The van der Waals surface area contributed by atoms with E-state index in [0.717, 1.165) is 49.2 Å². The Bertz CT molecular complexity index is 601. The maximum atomic E-state index is 5.92. The molecule has 0 spiro atoms. The van der Waals surface area contributed by atoms with Crippen LogP contribution in [0.4, 0.5) is 0 Å². The molecule has 0 aliphatic carbocycles. The van der Waals surface area contributed by atoms with Crippen LogP contribution in [-0.4, -0.2) is 36.1 Å². The molecular weight excluding hydrogens is 298 g/mol. The van der Waals surface area contributed by atoms with Crippen LogP contribution in [0, 0.1) is 0 Å². The van der Waals surface area contributed by atoms with Gasteiger partial charge in [0.25, 0.3) is 0 Å². The first-order valence-corrected chi connectivity index (χ1v) is 7.80. The fourth-order valence-corrected chi connectivity index (χ4v) is 2.69. The summed E-state index contributed by atoms with van der Waals surface area (Å²) in [5, 5.41) is 2.97. The zero-order valence-electron chi connectivity index (χ0n) is 12.5. The Morgan fingerprint density at radius 3 is 2.50 bits per heavy atom. The van der Waals surface area contributed by atoms with Crippen LogP contribution in [0.5, 0.6) is 0 Å². The van der Waals surface area contributed by atoms with E-state index in [1.165, 1.54) is 5.56 Å². The number of furan rings is 1. The summed E-state index contributed by atoms with van der Waals surface area (Å²) in [6, 6.07) is 11.8. The first kappa shape index (κ1) is 15.2. The van der Waals surface area contributed by atoms with Crippen LogP contribution in [0.1, 0.15) is 11.3 Å². The lowest BCUT2D eigenvalue weighted by Gasteiger charge is -2.35. The topological polar surface area (TPSA) is 31.6 Å². The molecule has 1 fully saturated rings. The highest BCUT2D eigenvalue weighted by atomic mass is 35.5. The van der Waals surface area contributed by atoms with Gasteiger partial charge in [-0.1, -0.05) is 30.3 Å². The predicted octanol–water partition coefficient (Wildman–Crippen LogP) is 3.23. The van der Waals surface area contributed by atoms with Crippen LogP contribution in [-0.2, 0) is 6.54 Å². The monoisotopic (exact) mass is 317 g/mol. The Morgan fingerprint density at radius 2 is 1.86 bits per heavy atom. The summed E-state index contributed by atoms with van der Waals surface area (Å²) in [4.78, 5) is 2.44. The van der Waals surface area contributed by atoms with Crippen LogP contribution in [0.15, 0.2) is 53.7 Å².